The van der Waals surface area contributed by atoms with Crippen molar-refractivity contribution in [3.8, 4) is 11.5 Å². The molecule has 1 amide bonds. The van der Waals surface area contributed by atoms with Gasteiger partial charge in [-0.1, -0.05) is 31.5 Å². The number of hydrogen-bond donors (Lipinski definition) is 2. The molecule has 0 spiro atoms. The van der Waals surface area contributed by atoms with Crippen molar-refractivity contribution in [3.05, 3.63) is 54.6 Å². The van der Waals surface area contributed by atoms with Crippen molar-refractivity contribution in [3.63, 3.8) is 0 Å². The average molecular weight is 491 g/mol. The van der Waals surface area contributed by atoms with Crippen LogP contribution in [0.1, 0.15) is 39.0 Å². The Labute approximate surface area is 201 Å². The summed E-state index contributed by atoms with van der Waals surface area (Å²) in [7, 11) is -4.04. The number of carbonyl (C=O) groups is 1. The summed E-state index contributed by atoms with van der Waals surface area (Å²) in [5, 5.41) is 9.36. The lowest BCUT2D eigenvalue weighted by Crippen LogP contribution is -2.57. The van der Waals surface area contributed by atoms with E-state index in [9.17, 15) is 18.4 Å². The number of hydrogen-bond acceptors (Lipinski definition) is 7. The Balaban J connectivity index is 1.61. The van der Waals surface area contributed by atoms with Crippen LogP contribution in [0.2, 0.25) is 0 Å². The number of sulfone groups is 1. The van der Waals surface area contributed by atoms with Gasteiger partial charge >= 0.3 is 0 Å². The minimum Gasteiger partial charge on any atom is -0.494 e. The van der Waals surface area contributed by atoms with Crippen LogP contribution in [-0.4, -0.2) is 62.0 Å². The first kappa shape index (κ1) is 26.0. The molecule has 0 unspecified atom stereocenters. The third-order valence-electron chi connectivity index (χ3n) is 6.22. The molecule has 2 aromatic rings. The Morgan fingerprint density at radius 2 is 1.56 bits per heavy atom. The molecule has 1 heterocycles. The summed E-state index contributed by atoms with van der Waals surface area (Å²) in [5.41, 5.74) is 1.60. The van der Waals surface area contributed by atoms with Gasteiger partial charge in [-0.05, 0) is 62.1 Å². The molecule has 186 valence electrons. The summed E-state index contributed by atoms with van der Waals surface area (Å²) < 4.78 is 36.7. The number of amides is 1. The molecule has 3 rings (SSSR count). The van der Waals surface area contributed by atoms with Gasteiger partial charge in [-0.25, -0.2) is 13.9 Å². The lowest BCUT2D eigenvalue weighted by Gasteiger charge is -2.39. The highest BCUT2D eigenvalue weighted by Gasteiger charge is 2.52. The van der Waals surface area contributed by atoms with Crippen molar-refractivity contribution in [2.75, 3.05) is 32.8 Å². The molecule has 34 heavy (non-hydrogen) atoms. The summed E-state index contributed by atoms with van der Waals surface area (Å²) in [6.45, 7) is 4.76. The van der Waals surface area contributed by atoms with Gasteiger partial charge in [0.05, 0.1) is 18.1 Å². The van der Waals surface area contributed by atoms with Crippen LogP contribution in [0.15, 0.2) is 59.5 Å². The van der Waals surface area contributed by atoms with E-state index in [0.717, 1.165) is 31.6 Å². The van der Waals surface area contributed by atoms with Gasteiger partial charge in [0.25, 0.3) is 5.91 Å². The molecule has 1 aliphatic rings. The molecule has 2 N–H and O–H groups in total. The molecular weight excluding hydrogens is 456 g/mol. The lowest BCUT2D eigenvalue weighted by atomic mass is 9.94. The predicted molar refractivity (Wildman–Crippen MR) is 129 cm³/mol. The van der Waals surface area contributed by atoms with Gasteiger partial charge in [-0.15, -0.1) is 0 Å². The molecule has 0 aromatic heterocycles. The normalized spacial score (nSPS) is 16.1. The number of nitrogens with one attached hydrogen (secondary N) is 1. The van der Waals surface area contributed by atoms with E-state index < -0.39 is 20.5 Å². The van der Waals surface area contributed by atoms with Gasteiger partial charge in [0.15, 0.2) is 14.6 Å². The second kappa shape index (κ2) is 12.2. The third-order valence-corrected chi connectivity index (χ3v) is 8.74. The molecule has 1 saturated heterocycles. The van der Waals surface area contributed by atoms with Crippen molar-refractivity contribution < 1.29 is 27.9 Å². The smallest absolute Gasteiger partial charge is 0.265 e. The number of para-hydroxylation sites is 1. The molecule has 0 saturated carbocycles. The highest BCUT2D eigenvalue weighted by atomic mass is 32.2. The Bertz CT molecular complexity index is 1000. The maximum atomic E-state index is 13.6. The van der Waals surface area contributed by atoms with Gasteiger partial charge in [-0.2, -0.15) is 0 Å². The van der Waals surface area contributed by atoms with E-state index >= 15 is 0 Å². The van der Waals surface area contributed by atoms with E-state index in [1.165, 1.54) is 12.1 Å². The maximum absolute atomic E-state index is 13.6. The number of rotatable bonds is 12. The Hall–Kier alpha value is -2.62. The number of likely N-dealkylation sites (tertiary alicyclic amines) is 1. The third kappa shape index (κ3) is 6.08. The Morgan fingerprint density at radius 1 is 0.971 bits per heavy atom. The number of ether oxygens (including phenoxy) is 2. The van der Waals surface area contributed by atoms with Crippen LogP contribution in [0.25, 0.3) is 0 Å². The molecule has 9 heteroatoms. The average Bonchev–Trinajstić information content (AvgIpc) is 2.87. The first-order valence-corrected chi connectivity index (χ1v) is 13.2. The van der Waals surface area contributed by atoms with Crippen molar-refractivity contribution in [2.45, 2.75) is 48.7 Å². The molecule has 1 fully saturated rings. The minimum absolute atomic E-state index is 0.0450. The zero-order valence-electron chi connectivity index (χ0n) is 19.6. The predicted octanol–water partition coefficient (Wildman–Crippen LogP) is 3.45. The summed E-state index contributed by atoms with van der Waals surface area (Å²) in [4.78, 5) is 14.8. The number of hydroxylamine groups is 1. The molecule has 1 aliphatic heterocycles. The van der Waals surface area contributed by atoms with Crippen LogP contribution in [0, 0.1) is 0 Å². The van der Waals surface area contributed by atoms with Crippen LogP contribution >= 0.6 is 0 Å². The summed E-state index contributed by atoms with van der Waals surface area (Å²) in [5.74, 6) is 0.510. The molecule has 8 nitrogen and oxygen atoms in total. The number of piperidine rings is 1. The monoisotopic (exact) mass is 490 g/mol. The summed E-state index contributed by atoms with van der Waals surface area (Å²) in [6, 6.07) is 15.7. The van der Waals surface area contributed by atoms with Crippen molar-refractivity contribution in [2.24, 2.45) is 0 Å². The van der Waals surface area contributed by atoms with Crippen LogP contribution < -0.4 is 15.0 Å². The van der Waals surface area contributed by atoms with Gasteiger partial charge in [0.1, 0.15) is 11.5 Å². The second-order valence-electron chi connectivity index (χ2n) is 8.47. The molecule has 0 radical (unpaired) electrons. The number of benzene rings is 2. The molecule has 0 aliphatic carbocycles. The van der Waals surface area contributed by atoms with Gasteiger partial charge < -0.3 is 14.4 Å². The highest BCUT2D eigenvalue weighted by Crippen LogP contribution is 2.36. The second-order valence-corrected chi connectivity index (χ2v) is 10.7. The van der Waals surface area contributed by atoms with E-state index in [1.54, 1.807) is 17.6 Å². The summed E-state index contributed by atoms with van der Waals surface area (Å²) in [6.07, 6.45) is 2.88. The minimum atomic E-state index is -4.04. The maximum Gasteiger partial charge on any atom is 0.265 e. The fourth-order valence-electron chi connectivity index (χ4n) is 4.13. The first-order chi connectivity index (χ1) is 16.4. The van der Waals surface area contributed by atoms with Crippen molar-refractivity contribution in [1.29, 1.82) is 0 Å². The van der Waals surface area contributed by atoms with Crippen LogP contribution in [-0.2, 0) is 14.6 Å². The van der Waals surface area contributed by atoms with Gasteiger partial charge in [-0.3, -0.25) is 10.0 Å². The number of unbranched alkanes of at least 4 members (excludes halogenated alkanes) is 1. The Morgan fingerprint density at radius 3 is 2.15 bits per heavy atom. The topological polar surface area (TPSA) is 105 Å². The molecule has 0 atom stereocenters. The van der Waals surface area contributed by atoms with Crippen LogP contribution in [0.4, 0.5) is 0 Å². The van der Waals surface area contributed by atoms with Gasteiger partial charge in [0.2, 0.25) is 0 Å². The Kier molecular flexibility index (Phi) is 9.32. The quantitative estimate of drug-likeness (QED) is 0.267. The standard InChI is InChI=1S/C25H34N2O6S/c1-2-3-19-32-22-10-12-23(13-11-22)34(30,31)25(24(28)26-29)14-17-27(18-15-25)16-7-20-33-21-8-5-4-6-9-21/h4-6,8-13,29H,2-3,7,14-20H2,1H3,(H,26,28). The van der Waals surface area contributed by atoms with Crippen LogP contribution in [0.5, 0.6) is 11.5 Å². The van der Waals surface area contributed by atoms with E-state index in [4.69, 9.17) is 9.47 Å². The van der Waals surface area contributed by atoms with E-state index in [0.29, 0.717) is 32.1 Å². The lowest BCUT2D eigenvalue weighted by molar-refractivity contribution is -0.133. The van der Waals surface area contributed by atoms with Gasteiger partial charge in [0, 0.05) is 19.6 Å². The number of nitrogens with zero attached hydrogens (tertiary/aromatic N) is 1. The summed E-state index contributed by atoms with van der Waals surface area (Å²) >= 11 is 0. The number of carbonyl (C=O) groups excluding carboxylic acids is 1. The molecular formula is C25H34N2O6S. The molecule has 2 aromatic carbocycles. The zero-order valence-corrected chi connectivity index (χ0v) is 20.4. The highest BCUT2D eigenvalue weighted by molar-refractivity contribution is 7.93. The van der Waals surface area contributed by atoms with Crippen molar-refractivity contribution in [1.82, 2.24) is 10.4 Å². The SMILES string of the molecule is CCCCOc1ccc(S(=O)(=O)C2(C(=O)NO)CCN(CCCOc3ccccc3)CC2)cc1. The first-order valence-electron chi connectivity index (χ1n) is 11.7. The van der Waals surface area contributed by atoms with E-state index in [1.807, 2.05) is 30.3 Å². The van der Waals surface area contributed by atoms with Crippen LogP contribution in [0.3, 0.4) is 0 Å². The fourth-order valence-corrected chi connectivity index (χ4v) is 6.08. The van der Waals surface area contributed by atoms with E-state index in [-0.39, 0.29) is 17.7 Å². The zero-order chi connectivity index (χ0) is 24.4. The van der Waals surface area contributed by atoms with Crippen molar-refractivity contribution >= 4 is 15.7 Å². The molecule has 0 bridgehead atoms. The van der Waals surface area contributed by atoms with E-state index in [2.05, 4.69) is 11.8 Å². The largest absolute Gasteiger partial charge is 0.494 e. The fraction of sp³-hybridized carbons (Fsp3) is 0.480.